The van der Waals surface area contributed by atoms with Crippen LogP contribution in [-0.4, -0.2) is 4.33 Å². The van der Waals surface area contributed by atoms with E-state index >= 15 is 0 Å². The van der Waals surface area contributed by atoms with Gasteiger partial charge >= 0.3 is 0 Å². The molecule has 0 saturated heterocycles. The second-order valence-electron chi connectivity index (χ2n) is 6.48. The molecule has 0 spiro atoms. The van der Waals surface area contributed by atoms with Crippen LogP contribution in [-0.2, 0) is 5.60 Å². The summed E-state index contributed by atoms with van der Waals surface area (Å²) in [6.45, 7) is 0. The van der Waals surface area contributed by atoms with Crippen molar-refractivity contribution in [2.75, 3.05) is 0 Å². The fourth-order valence-electron chi connectivity index (χ4n) is 4.06. The van der Waals surface area contributed by atoms with Gasteiger partial charge in [0.15, 0.2) is 9.93 Å². The molecule has 2 aliphatic rings. The van der Waals surface area contributed by atoms with Crippen molar-refractivity contribution in [2.24, 2.45) is 5.92 Å². The topological polar surface area (TPSA) is 9.23 Å². The molecule has 0 bridgehead atoms. The number of thiophene rings is 1. The Labute approximate surface area is 159 Å². The number of alkyl halides is 2. The van der Waals surface area contributed by atoms with Crippen LogP contribution < -0.4 is 4.74 Å². The molecule has 2 heterocycles. The van der Waals surface area contributed by atoms with Crippen molar-refractivity contribution in [3.8, 4) is 5.75 Å². The maximum Gasteiger partial charge on any atom is 0.183 e. The number of ether oxygens (including phenoxy) is 1. The highest BCUT2D eigenvalue weighted by Crippen LogP contribution is 2.77. The first-order chi connectivity index (χ1) is 12.1. The molecule has 5 heteroatoms. The molecule has 1 saturated carbocycles. The van der Waals surface area contributed by atoms with Gasteiger partial charge in [0.2, 0.25) is 0 Å². The van der Waals surface area contributed by atoms with Crippen LogP contribution in [0.3, 0.4) is 0 Å². The largest absolute Gasteiger partial charge is 0.478 e. The van der Waals surface area contributed by atoms with Crippen LogP contribution in [0.2, 0.25) is 0 Å². The average molecular weight is 391 g/mol. The first-order valence-corrected chi connectivity index (χ1v) is 9.64. The van der Waals surface area contributed by atoms with Gasteiger partial charge in [-0.1, -0.05) is 59.6 Å². The summed E-state index contributed by atoms with van der Waals surface area (Å²) < 4.78 is 18.8. The zero-order chi connectivity index (χ0) is 17.2. The lowest BCUT2D eigenvalue weighted by atomic mass is 9.83. The predicted octanol–water partition coefficient (Wildman–Crippen LogP) is 6.11. The monoisotopic (exact) mass is 390 g/mol. The molecule has 0 unspecified atom stereocenters. The summed E-state index contributed by atoms with van der Waals surface area (Å²) in [7, 11) is 0. The van der Waals surface area contributed by atoms with E-state index in [1.54, 1.807) is 11.3 Å². The highest BCUT2D eigenvalue weighted by Gasteiger charge is 2.84. The van der Waals surface area contributed by atoms with Gasteiger partial charge in [-0.15, -0.1) is 11.3 Å². The van der Waals surface area contributed by atoms with Crippen LogP contribution in [0, 0.1) is 11.7 Å². The summed E-state index contributed by atoms with van der Waals surface area (Å²) in [5.74, 6) is 0.335. The summed E-state index contributed by atoms with van der Waals surface area (Å²) in [4.78, 5) is 1.02. The Morgan fingerprint density at radius 2 is 1.72 bits per heavy atom. The molecule has 126 valence electrons. The fourth-order valence-corrected chi connectivity index (χ4v) is 6.11. The maximum absolute atomic E-state index is 13.4. The third-order valence-corrected chi connectivity index (χ3v) is 7.23. The van der Waals surface area contributed by atoms with E-state index < -0.39 is 9.93 Å². The van der Waals surface area contributed by atoms with Gasteiger partial charge in [0, 0.05) is 11.5 Å². The van der Waals surface area contributed by atoms with E-state index in [0.29, 0.717) is 0 Å². The van der Waals surface area contributed by atoms with Crippen LogP contribution in [0.4, 0.5) is 4.39 Å². The van der Waals surface area contributed by atoms with Crippen molar-refractivity contribution < 1.29 is 9.13 Å². The van der Waals surface area contributed by atoms with E-state index in [9.17, 15) is 4.39 Å². The molecule has 1 aliphatic heterocycles. The maximum atomic E-state index is 13.4. The van der Waals surface area contributed by atoms with Crippen molar-refractivity contribution in [3.05, 3.63) is 87.9 Å². The van der Waals surface area contributed by atoms with Gasteiger partial charge < -0.3 is 4.74 Å². The molecule has 1 fully saturated rings. The normalized spacial score (nSPS) is 28.6. The van der Waals surface area contributed by atoms with Crippen LogP contribution >= 0.6 is 34.5 Å². The first kappa shape index (κ1) is 15.7. The lowest BCUT2D eigenvalue weighted by molar-refractivity contribution is 0.141. The molecule has 5 rings (SSSR count). The van der Waals surface area contributed by atoms with Gasteiger partial charge in [0.1, 0.15) is 11.6 Å². The van der Waals surface area contributed by atoms with E-state index in [1.807, 2.05) is 53.9 Å². The summed E-state index contributed by atoms with van der Waals surface area (Å²) in [6, 6.07) is 18.5. The van der Waals surface area contributed by atoms with Crippen LogP contribution in [0.15, 0.2) is 66.0 Å². The standard InChI is InChI=1S/C20H13Cl2FOS/c21-20(22)18-17(12-7-9-13(23)10-8-12)14-4-1-2-5-15(14)24-19(18,20)16-6-3-11-25-16/h1-11,17-18H/t17-,18-,19+/m1/s1. The van der Waals surface area contributed by atoms with Crippen molar-refractivity contribution in [1.29, 1.82) is 0 Å². The summed E-state index contributed by atoms with van der Waals surface area (Å²) in [5.41, 5.74) is 1.26. The zero-order valence-electron chi connectivity index (χ0n) is 13.0. The van der Waals surface area contributed by atoms with E-state index in [1.165, 1.54) is 12.1 Å². The molecule has 1 aromatic heterocycles. The highest BCUT2D eigenvalue weighted by molar-refractivity contribution is 7.10. The van der Waals surface area contributed by atoms with Crippen molar-refractivity contribution >= 4 is 34.5 Å². The van der Waals surface area contributed by atoms with Gasteiger partial charge in [-0.2, -0.15) is 0 Å². The molecule has 0 N–H and O–H groups in total. The molecule has 0 radical (unpaired) electrons. The first-order valence-electron chi connectivity index (χ1n) is 8.01. The summed E-state index contributed by atoms with van der Waals surface area (Å²) >= 11 is 15.2. The number of halogens is 3. The Balaban J connectivity index is 1.73. The Hall–Kier alpha value is -1.55. The SMILES string of the molecule is Fc1ccc([C@@H]2c3ccccc3O[C@@]3(c4cccs4)[C@@H]2C3(Cl)Cl)cc1. The third kappa shape index (κ3) is 2.00. The smallest absolute Gasteiger partial charge is 0.183 e. The van der Waals surface area contributed by atoms with Crippen molar-refractivity contribution in [3.63, 3.8) is 0 Å². The van der Waals surface area contributed by atoms with Crippen LogP contribution in [0.5, 0.6) is 5.75 Å². The molecule has 2 aromatic carbocycles. The quantitative estimate of drug-likeness (QED) is 0.479. The fraction of sp³-hybridized carbons (Fsp3) is 0.200. The number of benzene rings is 2. The lowest BCUT2D eigenvalue weighted by Crippen LogP contribution is -2.27. The number of rotatable bonds is 2. The average Bonchev–Trinajstić information content (AvgIpc) is 2.99. The molecular formula is C20H13Cl2FOS. The Morgan fingerprint density at radius 1 is 0.960 bits per heavy atom. The van der Waals surface area contributed by atoms with Crippen LogP contribution in [0.1, 0.15) is 21.9 Å². The van der Waals surface area contributed by atoms with Gasteiger partial charge in [0.25, 0.3) is 0 Å². The minimum absolute atomic E-state index is 0.0531. The van der Waals surface area contributed by atoms with Gasteiger partial charge in [0.05, 0.1) is 10.8 Å². The third-order valence-electron chi connectivity index (χ3n) is 5.22. The second-order valence-corrected chi connectivity index (χ2v) is 8.82. The lowest BCUT2D eigenvalue weighted by Gasteiger charge is -2.31. The molecule has 3 aromatic rings. The Kier molecular flexibility index (Phi) is 3.28. The minimum atomic E-state index is -1.05. The molecular weight excluding hydrogens is 378 g/mol. The number of fused-ring (bicyclic) bond motifs is 2. The van der Waals surface area contributed by atoms with Crippen molar-refractivity contribution in [2.45, 2.75) is 15.9 Å². The summed E-state index contributed by atoms with van der Waals surface area (Å²) in [5, 5.41) is 2.00. The Morgan fingerprint density at radius 3 is 2.44 bits per heavy atom. The predicted molar refractivity (Wildman–Crippen MR) is 99.2 cm³/mol. The van der Waals surface area contributed by atoms with E-state index in [-0.39, 0.29) is 17.7 Å². The molecule has 1 nitrogen and oxygen atoms in total. The molecule has 3 atom stereocenters. The van der Waals surface area contributed by atoms with Crippen LogP contribution in [0.25, 0.3) is 0 Å². The van der Waals surface area contributed by atoms with Gasteiger partial charge in [-0.25, -0.2) is 4.39 Å². The summed E-state index contributed by atoms with van der Waals surface area (Å²) in [6.07, 6.45) is 0. The number of para-hydroxylation sites is 1. The second kappa shape index (κ2) is 5.23. The minimum Gasteiger partial charge on any atom is -0.478 e. The molecule has 1 aliphatic carbocycles. The van der Waals surface area contributed by atoms with E-state index in [4.69, 9.17) is 27.9 Å². The van der Waals surface area contributed by atoms with E-state index in [2.05, 4.69) is 0 Å². The van der Waals surface area contributed by atoms with Gasteiger partial charge in [-0.3, -0.25) is 0 Å². The number of hydrogen-bond acceptors (Lipinski definition) is 2. The van der Waals surface area contributed by atoms with E-state index in [0.717, 1.165) is 21.8 Å². The molecule has 25 heavy (non-hydrogen) atoms. The zero-order valence-corrected chi connectivity index (χ0v) is 15.3. The number of hydrogen-bond donors (Lipinski definition) is 0. The van der Waals surface area contributed by atoms with Gasteiger partial charge in [-0.05, 0) is 35.2 Å². The highest BCUT2D eigenvalue weighted by atomic mass is 35.5. The molecule has 0 amide bonds. The Bertz CT molecular complexity index is 939. The van der Waals surface area contributed by atoms with Crippen molar-refractivity contribution in [1.82, 2.24) is 0 Å².